The molecule has 1 aliphatic rings. The highest BCUT2D eigenvalue weighted by molar-refractivity contribution is 7.98. The number of benzene rings is 2. The molecule has 0 saturated carbocycles. The molecule has 1 heterocycles. The number of carbonyl (C=O) groups is 2. The number of anilines is 2. The Labute approximate surface area is 182 Å². The van der Waals surface area contributed by atoms with Gasteiger partial charge in [-0.3, -0.25) is 9.69 Å². The van der Waals surface area contributed by atoms with E-state index in [2.05, 4.69) is 22.0 Å². The second kappa shape index (κ2) is 10.00. The fourth-order valence-corrected chi connectivity index (χ4v) is 4.27. The van der Waals surface area contributed by atoms with E-state index in [1.807, 2.05) is 49.6 Å². The van der Waals surface area contributed by atoms with Gasteiger partial charge in [-0.05, 0) is 62.6 Å². The van der Waals surface area contributed by atoms with E-state index in [9.17, 15) is 9.59 Å². The Morgan fingerprint density at radius 3 is 2.53 bits per heavy atom. The first kappa shape index (κ1) is 22.2. The lowest BCUT2D eigenvalue weighted by Gasteiger charge is -2.43. The van der Waals surface area contributed by atoms with E-state index >= 15 is 0 Å². The van der Waals surface area contributed by atoms with Crippen LogP contribution in [0.2, 0.25) is 0 Å². The molecule has 0 spiro atoms. The zero-order valence-corrected chi connectivity index (χ0v) is 18.7. The van der Waals surface area contributed by atoms with Gasteiger partial charge in [0.05, 0.1) is 18.7 Å². The molecule has 160 valence electrons. The number of ether oxygens (including phenoxy) is 1. The van der Waals surface area contributed by atoms with Crippen LogP contribution in [0.15, 0.2) is 53.4 Å². The Morgan fingerprint density at radius 2 is 1.90 bits per heavy atom. The molecule has 0 aromatic heterocycles. The van der Waals surface area contributed by atoms with Gasteiger partial charge in [-0.15, -0.1) is 11.8 Å². The Kier molecular flexibility index (Phi) is 7.39. The minimum Gasteiger partial charge on any atom is -0.465 e. The molecule has 7 heteroatoms. The number of esters is 1. The highest BCUT2D eigenvalue weighted by Crippen LogP contribution is 2.23. The summed E-state index contributed by atoms with van der Waals surface area (Å²) in [6, 6.07) is 15.4. The van der Waals surface area contributed by atoms with E-state index < -0.39 is 0 Å². The zero-order valence-electron chi connectivity index (χ0n) is 17.9. The van der Waals surface area contributed by atoms with Gasteiger partial charge in [0.25, 0.3) is 0 Å². The maximum Gasteiger partial charge on any atom is 0.337 e. The van der Waals surface area contributed by atoms with Crippen LogP contribution in [0.3, 0.4) is 0 Å². The van der Waals surface area contributed by atoms with E-state index in [1.54, 1.807) is 23.9 Å². The van der Waals surface area contributed by atoms with E-state index in [1.165, 1.54) is 7.11 Å². The van der Waals surface area contributed by atoms with Gasteiger partial charge < -0.3 is 15.0 Å². The number of carbonyl (C=O) groups excluding carboxylic acids is 2. The van der Waals surface area contributed by atoms with E-state index in [-0.39, 0.29) is 24.0 Å². The van der Waals surface area contributed by atoms with E-state index in [0.29, 0.717) is 5.56 Å². The highest BCUT2D eigenvalue weighted by atomic mass is 32.2. The standard InChI is InChI=1S/C23H29N3O3S/c1-16-15-25(20-10-8-18(9-11-20)23(28)29-3)12-13-26(16)17(2)22(27)24-19-6-5-7-21(14-19)30-4/h5-11,14,16-17H,12-13,15H2,1-4H3,(H,24,27). The van der Waals surface area contributed by atoms with Crippen molar-refractivity contribution in [3.05, 3.63) is 54.1 Å². The SMILES string of the molecule is COC(=O)c1ccc(N2CCN(C(C)C(=O)Nc3cccc(SC)c3)C(C)C2)cc1. The van der Waals surface area contributed by atoms with Crippen molar-refractivity contribution in [2.75, 3.05) is 43.2 Å². The first-order chi connectivity index (χ1) is 14.4. The van der Waals surface area contributed by atoms with Crippen molar-refractivity contribution >= 4 is 35.0 Å². The van der Waals surface area contributed by atoms with Crippen LogP contribution in [0.25, 0.3) is 0 Å². The van der Waals surface area contributed by atoms with Gasteiger partial charge >= 0.3 is 5.97 Å². The molecular weight excluding hydrogens is 398 g/mol. The molecule has 30 heavy (non-hydrogen) atoms. The van der Waals surface area contributed by atoms with Crippen molar-refractivity contribution < 1.29 is 14.3 Å². The van der Waals surface area contributed by atoms with Crippen molar-refractivity contribution in [3.63, 3.8) is 0 Å². The van der Waals surface area contributed by atoms with Crippen LogP contribution >= 0.6 is 11.8 Å². The fourth-order valence-electron chi connectivity index (χ4n) is 3.81. The lowest BCUT2D eigenvalue weighted by atomic mass is 10.1. The number of nitrogens with zero attached hydrogens (tertiary/aromatic N) is 2. The average Bonchev–Trinajstić information content (AvgIpc) is 2.78. The second-order valence-electron chi connectivity index (χ2n) is 7.47. The summed E-state index contributed by atoms with van der Waals surface area (Å²) in [6.07, 6.45) is 2.02. The van der Waals surface area contributed by atoms with E-state index in [4.69, 9.17) is 4.74 Å². The minimum atomic E-state index is -0.331. The third-order valence-corrected chi connectivity index (χ3v) is 6.27. The van der Waals surface area contributed by atoms with Gasteiger partial charge in [-0.1, -0.05) is 6.07 Å². The molecule has 6 nitrogen and oxygen atoms in total. The number of methoxy groups -OCH3 is 1. The Bertz CT molecular complexity index is 888. The number of hydrogen-bond acceptors (Lipinski definition) is 6. The van der Waals surface area contributed by atoms with Crippen molar-refractivity contribution in [2.45, 2.75) is 30.8 Å². The molecule has 0 bridgehead atoms. The molecule has 1 aliphatic heterocycles. The van der Waals surface area contributed by atoms with Crippen LogP contribution < -0.4 is 10.2 Å². The zero-order chi connectivity index (χ0) is 21.7. The van der Waals surface area contributed by atoms with Crippen LogP contribution in [0.1, 0.15) is 24.2 Å². The van der Waals surface area contributed by atoms with Gasteiger partial charge in [0.15, 0.2) is 0 Å². The van der Waals surface area contributed by atoms with Gasteiger partial charge in [-0.2, -0.15) is 0 Å². The number of thioether (sulfide) groups is 1. The number of rotatable bonds is 6. The molecular formula is C23H29N3O3S. The third-order valence-electron chi connectivity index (χ3n) is 5.55. The normalized spacial score (nSPS) is 18.0. The van der Waals surface area contributed by atoms with Gasteiger partial charge in [0, 0.05) is 41.9 Å². The molecule has 2 aromatic rings. The maximum absolute atomic E-state index is 12.8. The largest absolute Gasteiger partial charge is 0.465 e. The quantitative estimate of drug-likeness (QED) is 0.560. The highest BCUT2D eigenvalue weighted by Gasteiger charge is 2.31. The number of hydrogen-bond donors (Lipinski definition) is 1. The fraction of sp³-hybridized carbons (Fsp3) is 0.391. The summed E-state index contributed by atoms with van der Waals surface area (Å²) in [7, 11) is 1.38. The summed E-state index contributed by atoms with van der Waals surface area (Å²) in [5.74, 6) is -0.321. The van der Waals surface area contributed by atoms with E-state index in [0.717, 1.165) is 35.9 Å². The van der Waals surface area contributed by atoms with Crippen LogP contribution in [0, 0.1) is 0 Å². The van der Waals surface area contributed by atoms with Crippen LogP contribution in [-0.2, 0) is 9.53 Å². The molecule has 2 aromatic carbocycles. The molecule has 1 N–H and O–H groups in total. The van der Waals surface area contributed by atoms with Crippen LogP contribution in [0.4, 0.5) is 11.4 Å². The lowest BCUT2D eigenvalue weighted by Crippen LogP contribution is -2.57. The lowest BCUT2D eigenvalue weighted by molar-refractivity contribution is -0.121. The number of amides is 1. The van der Waals surface area contributed by atoms with Crippen molar-refractivity contribution in [3.8, 4) is 0 Å². The van der Waals surface area contributed by atoms with Crippen molar-refractivity contribution in [1.29, 1.82) is 0 Å². The molecule has 1 saturated heterocycles. The second-order valence-corrected chi connectivity index (χ2v) is 8.35. The first-order valence-corrected chi connectivity index (χ1v) is 11.3. The van der Waals surface area contributed by atoms with Crippen molar-refractivity contribution in [2.24, 2.45) is 0 Å². The number of piperazine rings is 1. The molecule has 3 rings (SSSR count). The molecule has 1 fully saturated rings. The predicted octanol–water partition coefficient (Wildman–Crippen LogP) is 3.73. The third kappa shape index (κ3) is 5.15. The summed E-state index contributed by atoms with van der Waals surface area (Å²) in [4.78, 5) is 30.1. The molecule has 0 radical (unpaired) electrons. The Morgan fingerprint density at radius 1 is 1.17 bits per heavy atom. The Hall–Kier alpha value is -2.51. The summed E-state index contributed by atoms with van der Waals surface area (Å²) < 4.78 is 4.76. The molecule has 2 unspecified atom stereocenters. The maximum atomic E-state index is 12.8. The monoisotopic (exact) mass is 427 g/mol. The molecule has 2 atom stereocenters. The Balaban J connectivity index is 1.60. The summed E-state index contributed by atoms with van der Waals surface area (Å²) in [5, 5.41) is 3.05. The minimum absolute atomic E-state index is 0.0102. The predicted molar refractivity (Wildman–Crippen MR) is 122 cm³/mol. The van der Waals surface area contributed by atoms with Crippen LogP contribution in [-0.4, -0.2) is 61.9 Å². The first-order valence-electron chi connectivity index (χ1n) is 10.1. The smallest absolute Gasteiger partial charge is 0.337 e. The summed E-state index contributed by atoms with van der Waals surface area (Å²) in [5.41, 5.74) is 2.44. The number of nitrogens with one attached hydrogen (secondary N) is 1. The molecule has 0 aliphatic carbocycles. The summed E-state index contributed by atoms with van der Waals surface area (Å²) >= 11 is 1.66. The van der Waals surface area contributed by atoms with Gasteiger partial charge in [0.2, 0.25) is 5.91 Å². The molecule has 1 amide bonds. The van der Waals surface area contributed by atoms with Gasteiger partial charge in [0.1, 0.15) is 0 Å². The van der Waals surface area contributed by atoms with Crippen LogP contribution in [0.5, 0.6) is 0 Å². The topological polar surface area (TPSA) is 61.9 Å². The summed E-state index contributed by atoms with van der Waals surface area (Å²) in [6.45, 7) is 6.54. The van der Waals surface area contributed by atoms with Crippen molar-refractivity contribution in [1.82, 2.24) is 4.90 Å². The average molecular weight is 428 g/mol. The van der Waals surface area contributed by atoms with Gasteiger partial charge in [-0.25, -0.2) is 4.79 Å².